The van der Waals surface area contributed by atoms with Crippen LogP contribution in [0.2, 0.25) is 5.02 Å². The van der Waals surface area contributed by atoms with Gasteiger partial charge in [0, 0.05) is 16.8 Å². The first-order chi connectivity index (χ1) is 7.79. The molecule has 0 spiro atoms. The van der Waals surface area contributed by atoms with E-state index < -0.39 is 0 Å². The standard InChI is InChI=1S/C14H17ClO/c1-2-3-4-5-6-13-9-11-7-8-12(15)10-14(11)16-13/h7-10H,2-6H2,1H3. The van der Waals surface area contributed by atoms with Crippen LogP contribution in [-0.4, -0.2) is 0 Å². The number of halogens is 1. The van der Waals surface area contributed by atoms with Crippen molar-refractivity contribution in [1.82, 2.24) is 0 Å². The zero-order chi connectivity index (χ0) is 11.4. The van der Waals surface area contributed by atoms with E-state index in [4.69, 9.17) is 16.0 Å². The molecular weight excluding hydrogens is 220 g/mol. The summed E-state index contributed by atoms with van der Waals surface area (Å²) in [6.07, 6.45) is 6.11. The minimum Gasteiger partial charge on any atom is -0.461 e. The van der Waals surface area contributed by atoms with Gasteiger partial charge >= 0.3 is 0 Å². The van der Waals surface area contributed by atoms with E-state index >= 15 is 0 Å². The van der Waals surface area contributed by atoms with E-state index in [1.165, 1.54) is 25.7 Å². The molecule has 0 saturated carbocycles. The summed E-state index contributed by atoms with van der Waals surface area (Å²) in [6, 6.07) is 7.92. The maximum atomic E-state index is 5.91. The fourth-order valence-corrected chi connectivity index (χ4v) is 2.07. The van der Waals surface area contributed by atoms with Crippen LogP contribution in [0.1, 0.15) is 38.4 Å². The summed E-state index contributed by atoms with van der Waals surface area (Å²) in [5.74, 6) is 1.08. The van der Waals surface area contributed by atoms with Crippen LogP contribution >= 0.6 is 11.6 Å². The third-order valence-corrected chi connectivity index (χ3v) is 3.04. The Morgan fingerprint density at radius 1 is 1.12 bits per heavy atom. The number of hydrogen-bond donors (Lipinski definition) is 0. The van der Waals surface area contributed by atoms with Crippen LogP contribution in [0.25, 0.3) is 11.0 Å². The Balaban J connectivity index is 2.02. The van der Waals surface area contributed by atoms with E-state index in [1.54, 1.807) is 0 Å². The SMILES string of the molecule is CCCCCCc1cc2ccc(Cl)cc2o1. The molecular formula is C14H17ClO. The summed E-state index contributed by atoms with van der Waals surface area (Å²) in [4.78, 5) is 0. The van der Waals surface area contributed by atoms with Crippen molar-refractivity contribution in [1.29, 1.82) is 0 Å². The van der Waals surface area contributed by atoms with Gasteiger partial charge in [-0.05, 0) is 30.7 Å². The summed E-state index contributed by atoms with van der Waals surface area (Å²) in [7, 11) is 0. The fourth-order valence-electron chi connectivity index (χ4n) is 1.91. The molecule has 0 aliphatic rings. The van der Waals surface area contributed by atoms with Crippen molar-refractivity contribution in [3.05, 3.63) is 35.0 Å². The van der Waals surface area contributed by atoms with Crippen molar-refractivity contribution in [3.63, 3.8) is 0 Å². The summed E-state index contributed by atoms with van der Waals surface area (Å²) < 4.78 is 5.74. The first-order valence-corrected chi connectivity index (χ1v) is 6.35. The van der Waals surface area contributed by atoms with Crippen molar-refractivity contribution >= 4 is 22.6 Å². The Labute approximate surface area is 101 Å². The van der Waals surface area contributed by atoms with Crippen LogP contribution < -0.4 is 0 Å². The highest BCUT2D eigenvalue weighted by molar-refractivity contribution is 6.31. The highest BCUT2D eigenvalue weighted by Gasteiger charge is 2.03. The molecule has 0 unspecified atom stereocenters. The second-order valence-corrected chi connectivity index (χ2v) is 4.64. The van der Waals surface area contributed by atoms with Gasteiger partial charge in [-0.15, -0.1) is 0 Å². The smallest absolute Gasteiger partial charge is 0.135 e. The Morgan fingerprint density at radius 3 is 2.81 bits per heavy atom. The summed E-state index contributed by atoms with van der Waals surface area (Å²) in [5, 5.41) is 1.88. The Hall–Kier alpha value is -0.950. The molecule has 0 saturated heterocycles. The van der Waals surface area contributed by atoms with E-state index in [1.807, 2.05) is 18.2 Å². The van der Waals surface area contributed by atoms with E-state index in [-0.39, 0.29) is 0 Å². The molecule has 0 bridgehead atoms. The molecule has 1 heterocycles. The van der Waals surface area contributed by atoms with Gasteiger partial charge < -0.3 is 4.42 Å². The Bertz CT molecular complexity index is 459. The lowest BCUT2D eigenvalue weighted by Gasteiger charge is -1.95. The van der Waals surface area contributed by atoms with Gasteiger partial charge in [-0.3, -0.25) is 0 Å². The van der Waals surface area contributed by atoms with E-state index in [0.717, 1.165) is 28.2 Å². The lowest BCUT2D eigenvalue weighted by atomic mass is 10.1. The van der Waals surface area contributed by atoms with Crippen LogP contribution in [0.15, 0.2) is 28.7 Å². The van der Waals surface area contributed by atoms with Crippen LogP contribution in [-0.2, 0) is 6.42 Å². The minimum atomic E-state index is 0.736. The Morgan fingerprint density at radius 2 is 2.00 bits per heavy atom. The molecule has 0 amide bonds. The number of benzene rings is 1. The average Bonchev–Trinajstić information content (AvgIpc) is 2.66. The Kier molecular flexibility index (Phi) is 3.89. The van der Waals surface area contributed by atoms with Gasteiger partial charge in [-0.25, -0.2) is 0 Å². The van der Waals surface area contributed by atoms with Gasteiger partial charge in [0.05, 0.1) is 0 Å². The van der Waals surface area contributed by atoms with Crippen molar-refractivity contribution in [2.45, 2.75) is 39.0 Å². The number of aryl methyl sites for hydroxylation is 1. The lowest BCUT2D eigenvalue weighted by molar-refractivity contribution is 0.527. The molecule has 0 N–H and O–H groups in total. The summed E-state index contributed by atoms with van der Waals surface area (Å²) in [6.45, 7) is 2.23. The quantitative estimate of drug-likeness (QED) is 0.650. The molecule has 2 heteroatoms. The van der Waals surface area contributed by atoms with Gasteiger partial charge in [0.25, 0.3) is 0 Å². The van der Waals surface area contributed by atoms with E-state index in [2.05, 4.69) is 13.0 Å². The predicted molar refractivity (Wildman–Crippen MR) is 69.1 cm³/mol. The number of hydrogen-bond acceptors (Lipinski definition) is 1. The van der Waals surface area contributed by atoms with Crippen LogP contribution in [0.3, 0.4) is 0 Å². The molecule has 2 aromatic rings. The van der Waals surface area contributed by atoms with Crippen molar-refractivity contribution in [2.24, 2.45) is 0 Å². The van der Waals surface area contributed by atoms with Crippen molar-refractivity contribution < 1.29 is 4.42 Å². The third kappa shape index (κ3) is 2.79. The third-order valence-electron chi connectivity index (χ3n) is 2.81. The average molecular weight is 237 g/mol. The largest absolute Gasteiger partial charge is 0.461 e. The van der Waals surface area contributed by atoms with Crippen molar-refractivity contribution in [2.75, 3.05) is 0 Å². The topological polar surface area (TPSA) is 13.1 Å². The monoisotopic (exact) mass is 236 g/mol. The first kappa shape index (κ1) is 11.5. The van der Waals surface area contributed by atoms with E-state index in [0.29, 0.717) is 0 Å². The van der Waals surface area contributed by atoms with Gasteiger partial charge in [0.2, 0.25) is 0 Å². The second-order valence-electron chi connectivity index (χ2n) is 4.21. The van der Waals surface area contributed by atoms with Gasteiger partial charge in [0.1, 0.15) is 11.3 Å². The number of rotatable bonds is 5. The summed E-state index contributed by atoms with van der Waals surface area (Å²) in [5.41, 5.74) is 0.901. The molecule has 2 rings (SSSR count). The first-order valence-electron chi connectivity index (χ1n) is 5.97. The molecule has 1 aromatic heterocycles. The zero-order valence-corrected chi connectivity index (χ0v) is 10.4. The van der Waals surface area contributed by atoms with Gasteiger partial charge in [-0.1, -0.05) is 37.8 Å². The number of unbranched alkanes of at least 4 members (excludes halogenated alkanes) is 3. The molecule has 0 fully saturated rings. The summed E-state index contributed by atoms with van der Waals surface area (Å²) >= 11 is 5.91. The molecule has 0 aliphatic heterocycles. The second kappa shape index (κ2) is 5.40. The van der Waals surface area contributed by atoms with Gasteiger partial charge in [0.15, 0.2) is 0 Å². The number of fused-ring (bicyclic) bond motifs is 1. The minimum absolute atomic E-state index is 0.736. The fraction of sp³-hybridized carbons (Fsp3) is 0.429. The van der Waals surface area contributed by atoms with E-state index in [9.17, 15) is 0 Å². The molecule has 0 atom stereocenters. The van der Waals surface area contributed by atoms with Gasteiger partial charge in [-0.2, -0.15) is 0 Å². The predicted octanol–water partition coefficient (Wildman–Crippen LogP) is 5.21. The normalized spacial score (nSPS) is 11.1. The zero-order valence-electron chi connectivity index (χ0n) is 9.63. The highest BCUT2D eigenvalue weighted by atomic mass is 35.5. The maximum Gasteiger partial charge on any atom is 0.135 e. The molecule has 1 nitrogen and oxygen atoms in total. The maximum absolute atomic E-state index is 5.91. The highest BCUT2D eigenvalue weighted by Crippen LogP contribution is 2.24. The van der Waals surface area contributed by atoms with Crippen LogP contribution in [0.5, 0.6) is 0 Å². The molecule has 86 valence electrons. The van der Waals surface area contributed by atoms with Crippen molar-refractivity contribution in [3.8, 4) is 0 Å². The van der Waals surface area contributed by atoms with Crippen LogP contribution in [0.4, 0.5) is 0 Å². The molecule has 16 heavy (non-hydrogen) atoms. The molecule has 0 aliphatic carbocycles. The van der Waals surface area contributed by atoms with Crippen LogP contribution in [0, 0.1) is 0 Å². The molecule has 1 aromatic carbocycles. The lowest BCUT2D eigenvalue weighted by Crippen LogP contribution is -1.81. The number of furan rings is 1. The molecule has 0 radical (unpaired) electrons.